The molecule has 3 aromatic rings. The van der Waals surface area contributed by atoms with Crippen molar-refractivity contribution in [3.8, 4) is 11.5 Å². The number of hydrogen-bond donors (Lipinski definition) is 0. The zero-order valence-electron chi connectivity index (χ0n) is 12.0. The van der Waals surface area contributed by atoms with Crippen LogP contribution in [-0.2, 0) is 19.6 Å². The van der Waals surface area contributed by atoms with E-state index in [1.165, 1.54) is 12.4 Å². The molecule has 2 heterocycles. The molecule has 2 aromatic heterocycles. The molecule has 0 atom stereocenters. The van der Waals surface area contributed by atoms with Gasteiger partial charge in [-0.05, 0) is 30.2 Å². The minimum absolute atomic E-state index is 0.299. The summed E-state index contributed by atoms with van der Waals surface area (Å²) in [6.07, 6.45) is -0.555. The van der Waals surface area contributed by atoms with Crippen LogP contribution in [0.2, 0.25) is 0 Å². The molecule has 0 amide bonds. The highest BCUT2D eigenvalue weighted by Gasteiger charge is 2.31. The summed E-state index contributed by atoms with van der Waals surface area (Å²) in [5.41, 5.74) is 1.77. The fraction of sp³-hybridized carbons (Fsp3) is 0.267. The van der Waals surface area contributed by atoms with Crippen molar-refractivity contribution in [1.29, 1.82) is 0 Å². The Morgan fingerprint density at radius 2 is 2.00 bits per heavy atom. The highest BCUT2D eigenvalue weighted by Crippen LogP contribution is 2.32. The fourth-order valence-electron chi connectivity index (χ4n) is 2.41. The normalized spacial score (nSPS) is 12.0. The van der Waals surface area contributed by atoms with Crippen molar-refractivity contribution < 1.29 is 13.2 Å². The number of aromatic nitrogens is 4. The lowest BCUT2D eigenvalue weighted by molar-refractivity contribution is -0.137. The van der Waals surface area contributed by atoms with Gasteiger partial charge in [0.05, 0.1) is 16.6 Å². The van der Waals surface area contributed by atoms with Crippen molar-refractivity contribution in [3.05, 3.63) is 41.9 Å². The van der Waals surface area contributed by atoms with Crippen molar-refractivity contribution in [1.82, 2.24) is 19.5 Å². The zero-order chi connectivity index (χ0) is 15.9. The maximum absolute atomic E-state index is 12.8. The molecule has 1 aromatic carbocycles. The van der Waals surface area contributed by atoms with E-state index in [0.717, 1.165) is 17.7 Å². The lowest BCUT2D eigenvalue weighted by Gasteiger charge is -2.06. The first-order chi connectivity index (χ1) is 10.4. The van der Waals surface area contributed by atoms with E-state index >= 15 is 0 Å². The average molecular weight is 306 g/mol. The smallest absolute Gasteiger partial charge is 0.326 e. The van der Waals surface area contributed by atoms with Gasteiger partial charge in [0.1, 0.15) is 12.0 Å². The van der Waals surface area contributed by atoms with Crippen molar-refractivity contribution >= 4 is 11.0 Å². The topological polar surface area (TPSA) is 43.6 Å². The highest BCUT2D eigenvalue weighted by molar-refractivity contribution is 5.81. The molecule has 0 unspecified atom stereocenters. The molecule has 0 aliphatic heterocycles. The Bertz CT molecular complexity index is 836. The van der Waals surface area contributed by atoms with Crippen LogP contribution >= 0.6 is 0 Å². The summed E-state index contributed by atoms with van der Waals surface area (Å²) in [5.74, 6) is 0.536. The van der Waals surface area contributed by atoms with Gasteiger partial charge in [0, 0.05) is 13.2 Å². The van der Waals surface area contributed by atoms with Crippen molar-refractivity contribution in [2.45, 2.75) is 19.5 Å². The second-order valence-corrected chi connectivity index (χ2v) is 4.95. The van der Waals surface area contributed by atoms with Crippen LogP contribution in [0.5, 0.6) is 0 Å². The van der Waals surface area contributed by atoms with Crippen LogP contribution in [0.3, 0.4) is 0 Å². The first-order valence-corrected chi connectivity index (χ1v) is 6.74. The van der Waals surface area contributed by atoms with Crippen LogP contribution in [0.4, 0.5) is 13.2 Å². The predicted molar refractivity (Wildman–Crippen MR) is 76.1 cm³/mol. The molecule has 0 bridgehead atoms. The Labute approximate surface area is 124 Å². The molecule has 0 saturated carbocycles. The molecule has 114 valence electrons. The summed E-state index contributed by atoms with van der Waals surface area (Å²) in [4.78, 5) is 12.5. The second-order valence-electron chi connectivity index (χ2n) is 4.95. The summed E-state index contributed by atoms with van der Waals surface area (Å²) < 4.78 is 40.2. The predicted octanol–water partition coefficient (Wildman–Crippen LogP) is 3.61. The molecule has 0 aliphatic rings. The number of hydrogen-bond acceptors (Lipinski definition) is 3. The van der Waals surface area contributed by atoms with Crippen LogP contribution in [-0.4, -0.2) is 19.5 Å². The highest BCUT2D eigenvalue weighted by atomic mass is 19.4. The number of aryl methyl sites for hydroxylation is 2. The summed E-state index contributed by atoms with van der Waals surface area (Å²) in [5, 5.41) is 0. The number of rotatable bonds is 2. The summed E-state index contributed by atoms with van der Waals surface area (Å²) in [7, 11) is 1.76. The van der Waals surface area contributed by atoms with Gasteiger partial charge in [0.15, 0.2) is 5.82 Å². The number of nitrogens with zero attached hydrogens (tertiary/aromatic N) is 4. The first-order valence-electron chi connectivity index (χ1n) is 6.74. The van der Waals surface area contributed by atoms with E-state index in [-0.39, 0.29) is 0 Å². The molecule has 0 radical (unpaired) electrons. The van der Waals surface area contributed by atoms with Crippen molar-refractivity contribution in [3.63, 3.8) is 0 Å². The van der Waals surface area contributed by atoms with Gasteiger partial charge in [-0.1, -0.05) is 6.92 Å². The van der Waals surface area contributed by atoms with Gasteiger partial charge in [-0.15, -0.1) is 0 Å². The Kier molecular flexibility index (Phi) is 3.35. The van der Waals surface area contributed by atoms with Crippen LogP contribution in [0.1, 0.15) is 18.1 Å². The Morgan fingerprint density at radius 3 is 2.68 bits per heavy atom. The Morgan fingerprint density at radius 1 is 1.23 bits per heavy atom. The van der Waals surface area contributed by atoms with E-state index in [9.17, 15) is 13.2 Å². The lowest BCUT2D eigenvalue weighted by atomic mass is 10.2. The van der Waals surface area contributed by atoms with E-state index < -0.39 is 11.7 Å². The number of imidazole rings is 1. The van der Waals surface area contributed by atoms with Gasteiger partial charge in [-0.2, -0.15) is 13.2 Å². The van der Waals surface area contributed by atoms with E-state index in [0.29, 0.717) is 29.0 Å². The minimum Gasteiger partial charge on any atom is -0.326 e. The Balaban J connectivity index is 2.22. The molecule has 7 heteroatoms. The Hall–Kier alpha value is -2.44. The average Bonchev–Trinajstić information content (AvgIpc) is 2.83. The third kappa shape index (κ3) is 2.32. The monoisotopic (exact) mass is 306 g/mol. The van der Waals surface area contributed by atoms with Crippen LogP contribution in [0.25, 0.3) is 22.6 Å². The molecule has 0 aliphatic carbocycles. The van der Waals surface area contributed by atoms with Crippen molar-refractivity contribution in [2.24, 2.45) is 7.05 Å². The maximum atomic E-state index is 12.8. The molecular weight excluding hydrogens is 293 g/mol. The largest absolute Gasteiger partial charge is 0.416 e. The molecule has 0 fully saturated rings. The van der Waals surface area contributed by atoms with Gasteiger partial charge >= 0.3 is 6.18 Å². The first kappa shape index (κ1) is 14.5. The third-order valence-electron chi connectivity index (χ3n) is 3.59. The number of alkyl halides is 3. The summed E-state index contributed by atoms with van der Waals surface area (Å²) in [6.45, 7) is 1.96. The van der Waals surface area contributed by atoms with Crippen LogP contribution in [0.15, 0.2) is 30.7 Å². The third-order valence-corrected chi connectivity index (χ3v) is 3.59. The zero-order valence-corrected chi connectivity index (χ0v) is 12.0. The van der Waals surface area contributed by atoms with E-state index in [2.05, 4.69) is 15.0 Å². The van der Waals surface area contributed by atoms with Crippen LogP contribution < -0.4 is 0 Å². The lowest BCUT2D eigenvalue weighted by Crippen LogP contribution is -2.04. The summed E-state index contributed by atoms with van der Waals surface area (Å²) in [6, 6.07) is 3.56. The van der Waals surface area contributed by atoms with E-state index in [4.69, 9.17) is 0 Å². The van der Waals surface area contributed by atoms with Crippen LogP contribution in [0, 0.1) is 0 Å². The number of fused-ring (bicyclic) bond motifs is 1. The number of benzene rings is 1. The van der Waals surface area contributed by atoms with Gasteiger partial charge in [0.2, 0.25) is 0 Å². The molecule has 4 nitrogen and oxygen atoms in total. The quantitative estimate of drug-likeness (QED) is 0.726. The molecular formula is C15H13F3N4. The molecule has 0 N–H and O–H groups in total. The van der Waals surface area contributed by atoms with E-state index in [1.54, 1.807) is 17.8 Å². The van der Waals surface area contributed by atoms with Crippen molar-refractivity contribution in [2.75, 3.05) is 0 Å². The fourth-order valence-corrected chi connectivity index (χ4v) is 2.41. The van der Waals surface area contributed by atoms with E-state index in [1.807, 2.05) is 6.92 Å². The molecule has 22 heavy (non-hydrogen) atoms. The van der Waals surface area contributed by atoms with Gasteiger partial charge < -0.3 is 4.57 Å². The molecule has 3 rings (SSSR count). The molecule has 0 saturated heterocycles. The van der Waals surface area contributed by atoms with Gasteiger partial charge in [0.25, 0.3) is 0 Å². The standard InChI is InChI=1S/C15H13F3N4/c1-3-9-7-19-8-20-13(9)14-21-11-6-10(15(16,17)18)4-5-12(11)22(14)2/h4-8H,3H2,1-2H3. The second kappa shape index (κ2) is 5.08. The minimum atomic E-state index is -4.38. The maximum Gasteiger partial charge on any atom is 0.416 e. The SMILES string of the molecule is CCc1cncnc1-c1nc2cc(C(F)(F)F)ccc2n1C. The number of halogens is 3. The molecule has 0 spiro atoms. The summed E-state index contributed by atoms with van der Waals surface area (Å²) >= 11 is 0. The van der Waals surface area contributed by atoms with Gasteiger partial charge in [-0.25, -0.2) is 15.0 Å². The van der Waals surface area contributed by atoms with Gasteiger partial charge in [-0.3, -0.25) is 0 Å².